The van der Waals surface area contributed by atoms with Crippen LogP contribution in [0.5, 0.6) is 5.75 Å². The molecule has 0 saturated heterocycles. The second-order valence-corrected chi connectivity index (χ2v) is 7.54. The second-order valence-electron chi connectivity index (χ2n) is 5.77. The van der Waals surface area contributed by atoms with E-state index >= 15 is 0 Å². The van der Waals surface area contributed by atoms with E-state index in [0.29, 0.717) is 12.3 Å². The summed E-state index contributed by atoms with van der Waals surface area (Å²) in [4.78, 5) is 10.2. The van der Waals surface area contributed by atoms with Gasteiger partial charge in [-0.05, 0) is 54.1 Å². The molecule has 8 heteroatoms. The van der Waals surface area contributed by atoms with E-state index in [2.05, 4.69) is 42.4 Å². The minimum atomic E-state index is -0.438. The number of rotatable bonds is 7. The number of hydrogen-bond donors (Lipinski definition) is 1. The summed E-state index contributed by atoms with van der Waals surface area (Å²) in [5.74, 6) is 0.760. The minimum Gasteiger partial charge on any atom is -0.489 e. The average molecular weight is 505 g/mol. The summed E-state index contributed by atoms with van der Waals surface area (Å²) in [7, 11) is 0. The predicted molar refractivity (Wildman–Crippen MR) is 117 cm³/mol. The molecule has 0 atom stereocenters. The smallest absolute Gasteiger partial charge is 0.269 e. The first-order chi connectivity index (χ1) is 13.5. The van der Waals surface area contributed by atoms with Gasteiger partial charge in [0.25, 0.3) is 5.69 Å². The average Bonchev–Trinajstić information content (AvgIpc) is 2.69. The summed E-state index contributed by atoms with van der Waals surface area (Å²) in [5.41, 5.74) is 5.50. The molecule has 28 heavy (non-hydrogen) atoms. The van der Waals surface area contributed by atoms with Gasteiger partial charge in [0.1, 0.15) is 12.4 Å². The van der Waals surface area contributed by atoms with Crippen LogP contribution in [0.4, 0.5) is 11.4 Å². The number of anilines is 1. The molecule has 0 spiro atoms. The van der Waals surface area contributed by atoms with Crippen molar-refractivity contribution in [2.75, 3.05) is 5.43 Å². The third-order valence-corrected chi connectivity index (χ3v) is 5.01. The molecule has 1 N–H and O–H groups in total. The number of benzene rings is 3. The van der Waals surface area contributed by atoms with Gasteiger partial charge < -0.3 is 4.74 Å². The van der Waals surface area contributed by atoms with Crippen molar-refractivity contribution in [3.8, 4) is 5.75 Å². The topological polar surface area (TPSA) is 76.8 Å². The molecule has 0 radical (unpaired) electrons. The maximum atomic E-state index is 10.6. The summed E-state index contributed by atoms with van der Waals surface area (Å²) in [5, 5.41) is 14.8. The molecule has 0 unspecified atom stereocenters. The number of nitrogens with one attached hydrogen (secondary N) is 1. The van der Waals surface area contributed by atoms with Crippen molar-refractivity contribution < 1.29 is 9.66 Å². The van der Waals surface area contributed by atoms with Crippen LogP contribution in [0.3, 0.4) is 0 Å². The van der Waals surface area contributed by atoms with Gasteiger partial charge in [-0.1, -0.05) is 37.9 Å². The first-order valence-electron chi connectivity index (χ1n) is 8.21. The highest BCUT2D eigenvalue weighted by Crippen LogP contribution is 2.23. The zero-order valence-electron chi connectivity index (χ0n) is 14.5. The lowest BCUT2D eigenvalue weighted by Crippen LogP contribution is -1.97. The van der Waals surface area contributed by atoms with Crippen LogP contribution in [0.25, 0.3) is 0 Å². The lowest BCUT2D eigenvalue weighted by Gasteiger charge is -2.08. The van der Waals surface area contributed by atoms with Crippen molar-refractivity contribution in [1.29, 1.82) is 0 Å². The van der Waals surface area contributed by atoms with Gasteiger partial charge in [-0.3, -0.25) is 15.5 Å². The fourth-order valence-corrected chi connectivity index (χ4v) is 3.45. The highest BCUT2D eigenvalue weighted by Gasteiger charge is 2.03. The normalized spacial score (nSPS) is 10.8. The lowest BCUT2D eigenvalue weighted by atomic mass is 10.2. The van der Waals surface area contributed by atoms with Gasteiger partial charge in [0.15, 0.2) is 0 Å². The molecule has 6 nitrogen and oxygen atoms in total. The molecule has 0 aliphatic rings. The molecule has 0 aromatic heterocycles. The summed E-state index contributed by atoms with van der Waals surface area (Å²) < 4.78 is 7.81. The van der Waals surface area contributed by atoms with Crippen LogP contribution in [0.1, 0.15) is 11.1 Å². The number of ether oxygens (including phenoxy) is 1. The molecular formula is C20H15Br2N3O3. The zero-order valence-corrected chi connectivity index (χ0v) is 17.7. The number of nitrogens with zero attached hydrogens (tertiary/aromatic N) is 2. The van der Waals surface area contributed by atoms with Gasteiger partial charge in [-0.15, -0.1) is 0 Å². The lowest BCUT2D eigenvalue weighted by molar-refractivity contribution is -0.384. The number of non-ortho nitro benzene ring substituents is 1. The maximum Gasteiger partial charge on any atom is 0.269 e. The first-order valence-corrected chi connectivity index (χ1v) is 9.80. The highest BCUT2D eigenvalue weighted by atomic mass is 79.9. The van der Waals surface area contributed by atoms with Crippen molar-refractivity contribution in [3.63, 3.8) is 0 Å². The van der Waals surface area contributed by atoms with Gasteiger partial charge in [0.2, 0.25) is 0 Å². The van der Waals surface area contributed by atoms with Crippen LogP contribution >= 0.6 is 31.9 Å². The largest absolute Gasteiger partial charge is 0.489 e. The molecule has 0 aliphatic heterocycles. The van der Waals surface area contributed by atoms with Gasteiger partial charge in [0.05, 0.1) is 16.8 Å². The monoisotopic (exact) mass is 503 g/mol. The van der Waals surface area contributed by atoms with Crippen molar-refractivity contribution in [2.45, 2.75) is 6.61 Å². The van der Waals surface area contributed by atoms with E-state index in [9.17, 15) is 10.1 Å². The fourth-order valence-electron chi connectivity index (χ4n) is 2.29. The Hall–Kier alpha value is -2.71. The Bertz CT molecular complexity index is 991. The molecule has 0 bridgehead atoms. The minimum absolute atomic E-state index is 0.0419. The molecule has 0 fully saturated rings. The van der Waals surface area contributed by atoms with Crippen molar-refractivity contribution in [3.05, 3.63) is 96.9 Å². The second kappa shape index (κ2) is 9.48. The Balaban J connectivity index is 1.53. The number of hydrogen-bond acceptors (Lipinski definition) is 5. The zero-order chi connectivity index (χ0) is 19.9. The molecule has 142 valence electrons. The predicted octanol–water partition coefficient (Wildman–Crippen LogP) is 6.14. The van der Waals surface area contributed by atoms with Crippen molar-refractivity contribution >= 4 is 49.4 Å². The first kappa shape index (κ1) is 20.0. The fraction of sp³-hybridized carbons (Fsp3) is 0.0500. The molecule has 3 aromatic carbocycles. The van der Waals surface area contributed by atoms with E-state index in [4.69, 9.17) is 4.74 Å². The number of nitro benzene ring substituents is 1. The summed E-state index contributed by atoms with van der Waals surface area (Å²) in [6.45, 7) is 0.461. The number of nitro groups is 1. The Kier molecular flexibility index (Phi) is 6.78. The van der Waals surface area contributed by atoms with Crippen LogP contribution in [-0.2, 0) is 6.61 Å². The Morgan fingerprint density at radius 1 is 1.04 bits per heavy atom. The van der Waals surface area contributed by atoms with Crippen molar-refractivity contribution in [1.82, 2.24) is 0 Å². The number of halogens is 2. The van der Waals surface area contributed by atoms with Gasteiger partial charge in [-0.2, -0.15) is 5.10 Å². The quantitative estimate of drug-likeness (QED) is 0.238. The van der Waals surface area contributed by atoms with E-state index < -0.39 is 4.92 Å². The van der Waals surface area contributed by atoms with Crippen LogP contribution in [0.15, 0.2) is 80.8 Å². The van der Waals surface area contributed by atoms with Crippen LogP contribution in [0, 0.1) is 10.1 Å². The van der Waals surface area contributed by atoms with E-state index in [0.717, 1.165) is 25.8 Å². The molecule has 0 amide bonds. The van der Waals surface area contributed by atoms with E-state index in [1.807, 2.05) is 42.5 Å². The molecule has 0 heterocycles. The SMILES string of the molecule is O=[N+]([O-])c1ccc(N/N=C\c2ccc(OCc3ccc(Br)cc3Br)cc2)cc1. The third-order valence-electron chi connectivity index (χ3n) is 3.77. The highest BCUT2D eigenvalue weighted by molar-refractivity contribution is 9.11. The van der Waals surface area contributed by atoms with Gasteiger partial charge >= 0.3 is 0 Å². The molecular weight excluding hydrogens is 490 g/mol. The van der Waals surface area contributed by atoms with E-state index in [1.54, 1.807) is 18.3 Å². The third kappa shape index (κ3) is 5.64. The van der Waals surface area contributed by atoms with Gasteiger partial charge in [-0.25, -0.2) is 0 Å². The number of hydrazone groups is 1. The standard InChI is InChI=1S/C20H15Br2N3O3/c21-16-4-3-15(20(22)11-16)13-28-19-9-1-14(2-10-19)12-23-24-17-5-7-18(8-6-17)25(26)27/h1-12,24H,13H2/b23-12-. The summed E-state index contributed by atoms with van der Waals surface area (Å²) in [6, 6.07) is 19.6. The Labute approximate surface area is 178 Å². The molecule has 3 aromatic rings. The van der Waals surface area contributed by atoms with E-state index in [1.165, 1.54) is 12.1 Å². The molecule has 0 saturated carbocycles. The summed E-state index contributed by atoms with van der Waals surface area (Å²) in [6.07, 6.45) is 1.66. The molecule has 3 rings (SSSR count). The van der Waals surface area contributed by atoms with Crippen LogP contribution in [0.2, 0.25) is 0 Å². The van der Waals surface area contributed by atoms with E-state index in [-0.39, 0.29) is 5.69 Å². The Morgan fingerprint density at radius 2 is 1.75 bits per heavy atom. The maximum absolute atomic E-state index is 10.6. The van der Waals surface area contributed by atoms with Crippen LogP contribution < -0.4 is 10.2 Å². The Morgan fingerprint density at radius 3 is 2.39 bits per heavy atom. The molecule has 0 aliphatic carbocycles. The summed E-state index contributed by atoms with van der Waals surface area (Å²) >= 11 is 6.95. The van der Waals surface area contributed by atoms with Crippen LogP contribution in [-0.4, -0.2) is 11.1 Å². The van der Waals surface area contributed by atoms with Gasteiger partial charge in [0, 0.05) is 26.6 Å². The van der Waals surface area contributed by atoms with Crippen molar-refractivity contribution in [2.24, 2.45) is 5.10 Å².